The predicted octanol–water partition coefficient (Wildman–Crippen LogP) is 0.291. The Morgan fingerprint density at radius 3 is 2.88 bits per heavy atom. The molecule has 2 aliphatic rings. The number of oxime groups is 1. The Morgan fingerprint density at radius 2 is 2.12 bits per heavy atom. The van der Waals surface area contributed by atoms with E-state index in [0.717, 1.165) is 13.1 Å². The summed E-state index contributed by atoms with van der Waals surface area (Å²) in [6.07, 6.45) is 3.79. The summed E-state index contributed by atoms with van der Waals surface area (Å²) in [6, 6.07) is 0.724. The zero-order valence-corrected chi connectivity index (χ0v) is 9.97. The molecule has 2 rings (SSSR count). The van der Waals surface area contributed by atoms with Gasteiger partial charge in [0.2, 0.25) is 0 Å². The standard InChI is InChI=1S/C11H22N4O/c1-9(11(12)13-16)15-7-3-6-14-5-2-4-10(14)8-15/h9-10,16H,2-8H2,1H3,(H2,12,13). The molecule has 2 aliphatic heterocycles. The molecule has 2 atom stereocenters. The van der Waals surface area contributed by atoms with E-state index in [4.69, 9.17) is 10.9 Å². The minimum Gasteiger partial charge on any atom is -0.409 e. The van der Waals surface area contributed by atoms with Gasteiger partial charge in [-0.25, -0.2) is 0 Å². The quantitative estimate of drug-likeness (QED) is 0.307. The third-order valence-corrected chi connectivity index (χ3v) is 3.93. The van der Waals surface area contributed by atoms with Crippen LogP contribution in [0, 0.1) is 0 Å². The van der Waals surface area contributed by atoms with Crippen molar-refractivity contribution in [2.24, 2.45) is 10.9 Å². The average molecular weight is 226 g/mol. The number of hydrogen-bond acceptors (Lipinski definition) is 4. The van der Waals surface area contributed by atoms with Crippen LogP contribution in [0.3, 0.4) is 0 Å². The molecular formula is C11H22N4O. The summed E-state index contributed by atoms with van der Waals surface area (Å²) in [6.45, 7) is 6.56. The largest absolute Gasteiger partial charge is 0.409 e. The van der Waals surface area contributed by atoms with Gasteiger partial charge in [0.1, 0.15) is 0 Å². The molecule has 2 saturated heterocycles. The van der Waals surface area contributed by atoms with Gasteiger partial charge in [-0.15, -0.1) is 0 Å². The van der Waals surface area contributed by atoms with Crippen LogP contribution < -0.4 is 5.73 Å². The summed E-state index contributed by atoms with van der Waals surface area (Å²) in [4.78, 5) is 4.92. The number of hydrogen-bond donors (Lipinski definition) is 2. The molecule has 16 heavy (non-hydrogen) atoms. The van der Waals surface area contributed by atoms with Gasteiger partial charge in [-0.05, 0) is 39.3 Å². The minimum absolute atomic E-state index is 0.0468. The Balaban J connectivity index is 2.00. The van der Waals surface area contributed by atoms with Crippen molar-refractivity contribution in [3.8, 4) is 0 Å². The molecule has 0 saturated carbocycles. The van der Waals surface area contributed by atoms with Crippen LogP contribution >= 0.6 is 0 Å². The van der Waals surface area contributed by atoms with Crippen molar-refractivity contribution in [1.82, 2.24) is 9.80 Å². The summed E-state index contributed by atoms with van der Waals surface area (Å²) in [5, 5.41) is 11.8. The first kappa shape index (κ1) is 11.7. The first-order valence-electron chi connectivity index (χ1n) is 6.18. The first-order chi connectivity index (χ1) is 7.72. The topological polar surface area (TPSA) is 65.1 Å². The third kappa shape index (κ3) is 2.30. The fraction of sp³-hybridized carbons (Fsp3) is 0.909. The number of amidine groups is 1. The van der Waals surface area contributed by atoms with Crippen molar-refractivity contribution in [2.45, 2.75) is 38.3 Å². The molecule has 2 unspecified atom stereocenters. The Morgan fingerprint density at radius 1 is 1.38 bits per heavy atom. The van der Waals surface area contributed by atoms with Crippen LogP contribution in [-0.2, 0) is 0 Å². The molecule has 0 aromatic rings. The summed E-state index contributed by atoms with van der Waals surface area (Å²) in [5.41, 5.74) is 5.68. The van der Waals surface area contributed by atoms with E-state index in [1.54, 1.807) is 0 Å². The Hall–Kier alpha value is -0.810. The molecule has 0 bridgehead atoms. The highest BCUT2D eigenvalue weighted by Crippen LogP contribution is 2.22. The number of rotatable bonds is 2. The molecule has 92 valence electrons. The first-order valence-corrected chi connectivity index (χ1v) is 6.18. The lowest BCUT2D eigenvalue weighted by Crippen LogP contribution is -2.46. The van der Waals surface area contributed by atoms with Crippen molar-refractivity contribution in [2.75, 3.05) is 26.2 Å². The van der Waals surface area contributed by atoms with Gasteiger partial charge in [0, 0.05) is 19.1 Å². The van der Waals surface area contributed by atoms with E-state index in [1.807, 2.05) is 6.92 Å². The second kappa shape index (κ2) is 5.01. The lowest BCUT2D eigenvalue weighted by molar-refractivity contribution is 0.205. The molecule has 0 spiro atoms. The molecular weight excluding hydrogens is 204 g/mol. The van der Waals surface area contributed by atoms with E-state index in [0.29, 0.717) is 11.9 Å². The number of fused-ring (bicyclic) bond motifs is 1. The number of nitrogens with two attached hydrogens (primary N) is 1. The summed E-state index contributed by atoms with van der Waals surface area (Å²) in [7, 11) is 0. The lowest BCUT2D eigenvalue weighted by atomic mass is 10.2. The molecule has 2 heterocycles. The molecule has 0 amide bonds. The van der Waals surface area contributed by atoms with Crippen LogP contribution in [0.2, 0.25) is 0 Å². The molecule has 0 aromatic heterocycles. The molecule has 0 aliphatic carbocycles. The van der Waals surface area contributed by atoms with Crippen LogP contribution in [0.25, 0.3) is 0 Å². The minimum atomic E-state index is 0.0468. The highest BCUT2D eigenvalue weighted by atomic mass is 16.4. The Bertz CT molecular complexity index is 269. The highest BCUT2D eigenvalue weighted by molar-refractivity contribution is 5.84. The lowest BCUT2D eigenvalue weighted by Gasteiger charge is -2.29. The molecule has 5 heteroatoms. The summed E-state index contributed by atoms with van der Waals surface area (Å²) in [5.74, 6) is 0.325. The molecule has 5 nitrogen and oxygen atoms in total. The van der Waals surface area contributed by atoms with E-state index in [2.05, 4.69) is 15.0 Å². The second-order valence-corrected chi connectivity index (χ2v) is 4.88. The monoisotopic (exact) mass is 226 g/mol. The summed E-state index contributed by atoms with van der Waals surface area (Å²) < 4.78 is 0. The van der Waals surface area contributed by atoms with Gasteiger partial charge in [0.25, 0.3) is 0 Å². The van der Waals surface area contributed by atoms with Crippen molar-refractivity contribution in [3.63, 3.8) is 0 Å². The zero-order chi connectivity index (χ0) is 11.5. The van der Waals surface area contributed by atoms with Crippen molar-refractivity contribution in [3.05, 3.63) is 0 Å². The van der Waals surface area contributed by atoms with E-state index in [-0.39, 0.29) is 6.04 Å². The number of nitrogens with zero attached hydrogens (tertiary/aromatic N) is 3. The average Bonchev–Trinajstić information content (AvgIpc) is 2.64. The Kier molecular flexibility index (Phi) is 3.66. The van der Waals surface area contributed by atoms with Crippen LogP contribution in [0.15, 0.2) is 5.16 Å². The van der Waals surface area contributed by atoms with Crippen LogP contribution in [-0.4, -0.2) is 59.1 Å². The second-order valence-electron chi connectivity index (χ2n) is 4.88. The van der Waals surface area contributed by atoms with Gasteiger partial charge in [-0.3, -0.25) is 9.80 Å². The molecule has 0 radical (unpaired) electrons. The van der Waals surface area contributed by atoms with Crippen LogP contribution in [0.5, 0.6) is 0 Å². The van der Waals surface area contributed by atoms with Gasteiger partial charge < -0.3 is 10.9 Å². The van der Waals surface area contributed by atoms with Gasteiger partial charge in [0.15, 0.2) is 5.84 Å². The third-order valence-electron chi connectivity index (χ3n) is 3.93. The van der Waals surface area contributed by atoms with E-state index >= 15 is 0 Å². The smallest absolute Gasteiger partial charge is 0.156 e. The fourth-order valence-corrected chi connectivity index (χ4v) is 2.86. The van der Waals surface area contributed by atoms with Crippen molar-refractivity contribution >= 4 is 5.84 Å². The molecule has 3 N–H and O–H groups in total. The fourth-order valence-electron chi connectivity index (χ4n) is 2.86. The normalized spacial score (nSPS) is 31.1. The predicted molar refractivity (Wildman–Crippen MR) is 63.7 cm³/mol. The Labute approximate surface area is 96.9 Å². The van der Waals surface area contributed by atoms with Crippen LogP contribution in [0.1, 0.15) is 26.2 Å². The zero-order valence-electron chi connectivity index (χ0n) is 9.97. The highest BCUT2D eigenvalue weighted by Gasteiger charge is 2.31. The van der Waals surface area contributed by atoms with Crippen molar-refractivity contribution < 1.29 is 5.21 Å². The van der Waals surface area contributed by atoms with E-state index < -0.39 is 0 Å². The van der Waals surface area contributed by atoms with Gasteiger partial charge in [-0.2, -0.15) is 0 Å². The molecule has 2 fully saturated rings. The molecule has 0 aromatic carbocycles. The van der Waals surface area contributed by atoms with E-state index in [9.17, 15) is 0 Å². The van der Waals surface area contributed by atoms with Gasteiger partial charge in [-0.1, -0.05) is 5.16 Å². The maximum Gasteiger partial charge on any atom is 0.156 e. The van der Waals surface area contributed by atoms with Crippen molar-refractivity contribution in [1.29, 1.82) is 0 Å². The van der Waals surface area contributed by atoms with Crippen LogP contribution in [0.4, 0.5) is 0 Å². The summed E-state index contributed by atoms with van der Waals surface area (Å²) >= 11 is 0. The SMILES string of the molecule is CC(C(N)=NO)N1CCCN2CCCC2C1. The maximum atomic E-state index is 8.72. The van der Waals surface area contributed by atoms with Gasteiger partial charge in [0.05, 0.1) is 6.04 Å². The van der Waals surface area contributed by atoms with Gasteiger partial charge >= 0.3 is 0 Å². The maximum absolute atomic E-state index is 8.72. The van der Waals surface area contributed by atoms with E-state index in [1.165, 1.54) is 32.4 Å².